The van der Waals surface area contributed by atoms with Crippen LogP contribution >= 0.6 is 11.6 Å². The van der Waals surface area contributed by atoms with Crippen molar-refractivity contribution in [1.29, 1.82) is 0 Å². The first kappa shape index (κ1) is 11.1. The number of ketones is 2. The number of hydrogen-bond acceptors (Lipinski definition) is 2. The normalized spacial score (nSPS) is 15.4. The molecule has 0 saturated carbocycles. The fourth-order valence-electron chi connectivity index (χ4n) is 1.98. The van der Waals surface area contributed by atoms with Crippen molar-refractivity contribution in [2.75, 3.05) is 0 Å². The van der Waals surface area contributed by atoms with Crippen LogP contribution in [0.15, 0.2) is 28.8 Å². The fraction of sp³-hybridized carbons (Fsp3) is 0.231. The first-order chi connectivity index (χ1) is 7.57. The van der Waals surface area contributed by atoms with Crippen LogP contribution in [-0.4, -0.2) is 11.6 Å². The number of Topliss-reactive ketones (excluding diaryl/α,β-unsaturated/α-hetero) is 2. The number of carbonyl (C=O) groups excluding carboxylic acids is 2. The minimum absolute atomic E-state index is 0.0781. The average Bonchev–Trinajstić information content (AvgIpc) is 2.27. The van der Waals surface area contributed by atoms with Crippen molar-refractivity contribution in [3.8, 4) is 0 Å². The van der Waals surface area contributed by atoms with E-state index in [2.05, 4.69) is 0 Å². The third-order valence-electron chi connectivity index (χ3n) is 2.84. The summed E-state index contributed by atoms with van der Waals surface area (Å²) >= 11 is 5.94. The molecule has 1 aliphatic carbocycles. The van der Waals surface area contributed by atoms with Gasteiger partial charge in [0, 0.05) is 16.7 Å². The fourth-order valence-corrected chi connectivity index (χ4v) is 2.30. The van der Waals surface area contributed by atoms with Crippen LogP contribution < -0.4 is 0 Å². The summed E-state index contributed by atoms with van der Waals surface area (Å²) in [4.78, 5) is 24.1. The summed E-state index contributed by atoms with van der Waals surface area (Å²) in [6.45, 7) is 3.63. The zero-order valence-corrected chi connectivity index (χ0v) is 9.89. The van der Waals surface area contributed by atoms with Crippen molar-refractivity contribution in [3.63, 3.8) is 0 Å². The molecule has 0 aliphatic heterocycles. The molecule has 0 fully saturated rings. The number of allylic oxidation sites excluding steroid dienone is 2. The van der Waals surface area contributed by atoms with Gasteiger partial charge in [-0.1, -0.05) is 36.7 Å². The highest BCUT2D eigenvalue weighted by Gasteiger charge is 2.31. The Balaban J connectivity index is 2.74. The SMILES string of the molecule is CCC1=C(Cl)C(=O)c2c(C)cccc2C1=O. The van der Waals surface area contributed by atoms with Crippen LogP contribution in [-0.2, 0) is 0 Å². The van der Waals surface area contributed by atoms with E-state index in [4.69, 9.17) is 11.6 Å². The zero-order chi connectivity index (χ0) is 11.9. The van der Waals surface area contributed by atoms with Crippen LogP contribution in [0.4, 0.5) is 0 Å². The number of benzene rings is 1. The van der Waals surface area contributed by atoms with Crippen molar-refractivity contribution in [2.45, 2.75) is 20.3 Å². The predicted octanol–water partition coefficient (Wildman–Crippen LogP) is 3.28. The van der Waals surface area contributed by atoms with E-state index in [-0.39, 0.29) is 16.6 Å². The molecular weight excluding hydrogens is 224 g/mol. The highest BCUT2D eigenvalue weighted by Crippen LogP contribution is 2.31. The Kier molecular flexibility index (Phi) is 2.68. The Bertz CT molecular complexity index is 527. The van der Waals surface area contributed by atoms with Gasteiger partial charge in [0.2, 0.25) is 5.78 Å². The third-order valence-corrected chi connectivity index (χ3v) is 3.24. The molecule has 2 nitrogen and oxygen atoms in total. The molecule has 16 heavy (non-hydrogen) atoms. The summed E-state index contributed by atoms with van der Waals surface area (Å²) in [6.07, 6.45) is 0.483. The Morgan fingerprint density at radius 2 is 1.88 bits per heavy atom. The molecule has 1 aromatic rings. The Morgan fingerprint density at radius 1 is 1.19 bits per heavy atom. The lowest BCUT2D eigenvalue weighted by atomic mass is 9.86. The maximum Gasteiger partial charge on any atom is 0.205 e. The molecule has 82 valence electrons. The van der Waals surface area contributed by atoms with Crippen LogP contribution in [0.25, 0.3) is 0 Å². The van der Waals surface area contributed by atoms with Gasteiger partial charge < -0.3 is 0 Å². The lowest BCUT2D eigenvalue weighted by Gasteiger charge is -2.18. The van der Waals surface area contributed by atoms with E-state index in [0.717, 1.165) is 5.56 Å². The van der Waals surface area contributed by atoms with Crippen molar-refractivity contribution >= 4 is 23.2 Å². The van der Waals surface area contributed by atoms with Crippen LogP contribution in [0.5, 0.6) is 0 Å². The first-order valence-corrected chi connectivity index (χ1v) is 5.53. The molecule has 0 atom stereocenters. The number of halogens is 1. The topological polar surface area (TPSA) is 34.1 Å². The molecule has 3 heteroatoms. The molecular formula is C13H11ClO2. The van der Waals surface area contributed by atoms with Gasteiger partial charge >= 0.3 is 0 Å². The first-order valence-electron chi connectivity index (χ1n) is 5.15. The van der Waals surface area contributed by atoms with Gasteiger partial charge in [0.05, 0.1) is 5.03 Å². The van der Waals surface area contributed by atoms with Gasteiger partial charge in [0.15, 0.2) is 5.78 Å². The summed E-state index contributed by atoms with van der Waals surface area (Å²) in [5.74, 6) is -0.350. The highest BCUT2D eigenvalue weighted by atomic mass is 35.5. The average molecular weight is 235 g/mol. The largest absolute Gasteiger partial charge is 0.289 e. The van der Waals surface area contributed by atoms with Crippen LogP contribution in [0.3, 0.4) is 0 Å². The maximum absolute atomic E-state index is 12.1. The molecule has 0 saturated heterocycles. The highest BCUT2D eigenvalue weighted by molar-refractivity contribution is 6.50. The van der Waals surface area contributed by atoms with Crippen molar-refractivity contribution in [3.05, 3.63) is 45.5 Å². The van der Waals surface area contributed by atoms with Gasteiger partial charge in [-0.05, 0) is 18.9 Å². The molecule has 0 bridgehead atoms. The van der Waals surface area contributed by atoms with Crippen molar-refractivity contribution < 1.29 is 9.59 Å². The zero-order valence-electron chi connectivity index (χ0n) is 9.13. The summed E-state index contributed by atoms with van der Waals surface area (Å²) < 4.78 is 0. The second-order valence-electron chi connectivity index (χ2n) is 3.80. The molecule has 1 aliphatic rings. The minimum atomic E-state index is -0.230. The van der Waals surface area contributed by atoms with Gasteiger partial charge in [0.1, 0.15) is 0 Å². The second-order valence-corrected chi connectivity index (χ2v) is 4.18. The standard InChI is InChI=1S/C13H11ClO2/c1-3-8-11(14)13(16)10-7(2)5-4-6-9(10)12(8)15/h4-6H,3H2,1-2H3. The van der Waals surface area contributed by atoms with Crippen molar-refractivity contribution in [2.24, 2.45) is 0 Å². The lowest BCUT2D eigenvalue weighted by Crippen LogP contribution is -2.20. The van der Waals surface area contributed by atoms with Gasteiger partial charge in [-0.2, -0.15) is 0 Å². The van der Waals surface area contributed by atoms with Gasteiger partial charge in [0.25, 0.3) is 0 Å². The van der Waals surface area contributed by atoms with Crippen LogP contribution in [0.1, 0.15) is 39.6 Å². The second kappa shape index (κ2) is 3.87. The summed E-state index contributed by atoms with van der Waals surface area (Å²) in [6, 6.07) is 5.28. The number of fused-ring (bicyclic) bond motifs is 1. The molecule has 2 rings (SSSR count). The minimum Gasteiger partial charge on any atom is -0.289 e. The van der Waals surface area contributed by atoms with Crippen LogP contribution in [0.2, 0.25) is 0 Å². The van der Waals surface area contributed by atoms with E-state index in [1.54, 1.807) is 12.1 Å². The van der Waals surface area contributed by atoms with E-state index in [9.17, 15) is 9.59 Å². The quantitative estimate of drug-likeness (QED) is 0.747. The third kappa shape index (κ3) is 1.41. The van der Waals surface area contributed by atoms with E-state index in [1.165, 1.54) is 0 Å². The summed E-state index contributed by atoms with van der Waals surface area (Å²) in [7, 11) is 0. The molecule has 0 radical (unpaired) electrons. The molecule has 0 heterocycles. The van der Waals surface area contributed by atoms with E-state index in [0.29, 0.717) is 23.1 Å². The number of rotatable bonds is 1. The molecule has 0 unspecified atom stereocenters. The van der Waals surface area contributed by atoms with E-state index in [1.807, 2.05) is 19.9 Å². The van der Waals surface area contributed by atoms with Crippen LogP contribution in [0, 0.1) is 6.92 Å². The van der Waals surface area contributed by atoms with Gasteiger partial charge in [-0.15, -0.1) is 0 Å². The monoisotopic (exact) mass is 234 g/mol. The molecule has 0 aromatic heterocycles. The van der Waals surface area contributed by atoms with E-state index < -0.39 is 0 Å². The molecule has 0 spiro atoms. The van der Waals surface area contributed by atoms with E-state index >= 15 is 0 Å². The van der Waals surface area contributed by atoms with Gasteiger partial charge in [-0.3, -0.25) is 9.59 Å². The summed E-state index contributed by atoms with van der Waals surface area (Å²) in [5, 5.41) is 0.0781. The molecule has 0 amide bonds. The summed E-state index contributed by atoms with van der Waals surface area (Å²) in [5.41, 5.74) is 2.15. The number of hydrogen-bond donors (Lipinski definition) is 0. The molecule has 1 aromatic carbocycles. The Hall–Kier alpha value is -1.41. The number of carbonyl (C=O) groups is 2. The smallest absolute Gasteiger partial charge is 0.205 e. The predicted molar refractivity (Wildman–Crippen MR) is 63.0 cm³/mol. The Labute approximate surface area is 98.9 Å². The van der Waals surface area contributed by atoms with Crippen molar-refractivity contribution in [1.82, 2.24) is 0 Å². The maximum atomic E-state index is 12.1. The lowest BCUT2D eigenvalue weighted by molar-refractivity contribution is 0.0978. The Morgan fingerprint density at radius 3 is 2.50 bits per heavy atom. The van der Waals surface area contributed by atoms with Gasteiger partial charge in [-0.25, -0.2) is 0 Å². The molecule has 0 N–H and O–H groups in total. The number of aryl methyl sites for hydroxylation is 1.